The predicted octanol–water partition coefficient (Wildman–Crippen LogP) is 4.08. The molecule has 2 heterocycles. The Balaban J connectivity index is 1.89. The lowest BCUT2D eigenvalue weighted by molar-refractivity contribution is -0.126. The molecule has 0 N–H and O–H groups in total. The minimum atomic E-state index is -0.341. The van der Waals surface area contributed by atoms with Crippen molar-refractivity contribution in [2.24, 2.45) is 10.4 Å². The van der Waals surface area contributed by atoms with E-state index in [0.29, 0.717) is 17.7 Å². The van der Waals surface area contributed by atoms with Crippen LogP contribution < -0.4 is 0 Å². The van der Waals surface area contributed by atoms with Crippen molar-refractivity contribution >= 4 is 44.5 Å². The molecule has 1 saturated heterocycles. The van der Waals surface area contributed by atoms with Crippen molar-refractivity contribution < 1.29 is 9.59 Å². The summed E-state index contributed by atoms with van der Waals surface area (Å²) in [6.07, 6.45) is 1.27. The lowest BCUT2D eigenvalue weighted by Crippen LogP contribution is -2.42. The van der Waals surface area contributed by atoms with E-state index in [9.17, 15) is 9.59 Å². The molecule has 1 fully saturated rings. The summed E-state index contributed by atoms with van der Waals surface area (Å²) in [5.74, 6) is 0.529. The molecule has 1 atom stereocenters. The number of hydrogen-bond acceptors (Lipinski definition) is 4. The molecule has 3 aliphatic rings. The van der Waals surface area contributed by atoms with Gasteiger partial charge in [0.05, 0.1) is 17.5 Å². The summed E-state index contributed by atoms with van der Waals surface area (Å²) in [5.41, 5.74) is 2.44. The van der Waals surface area contributed by atoms with Crippen LogP contribution >= 0.6 is 27.7 Å². The van der Waals surface area contributed by atoms with Gasteiger partial charge in [-0.05, 0) is 29.5 Å². The average Bonchev–Trinajstić information content (AvgIpc) is 2.86. The van der Waals surface area contributed by atoms with Crippen LogP contribution in [0.5, 0.6) is 0 Å². The number of ketones is 1. The van der Waals surface area contributed by atoms with E-state index < -0.39 is 0 Å². The van der Waals surface area contributed by atoms with Gasteiger partial charge < -0.3 is 0 Å². The van der Waals surface area contributed by atoms with E-state index >= 15 is 0 Å². The number of halogens is 1. The van der Waals surface area contributed by atoms with E-state index in [1.54, 1.807) is 4.90 Å². The van der Waals surface area contributed by atoms with Gasteiger partial charge in [0, 0.05) is 16.5 Å². The first-order chi connectivity index (χ1) is 11.4. The van der Waals surface area contributed by atoms with Gasteiger partial charge in [0.1, 0.15) is 0 Å². The normalized spacial score (nSPS) is 25.5. The van der Waals surface area contributed by atoms with E-state index in [-0.39, 0.29) is 23.1 Å². The highest BCUT2D eigenvalue weighted by atomic mass is 79.9. The second-order valence-electron chi connectivity index (χ2n) is 7.20. The summed E-state index contributed by atoms with van der Waals surface area (Å²) in [6, 6.07) is 7.52. The van der Waals surface area contributed by atoms with Crippen LogP contribution in [0.2, 0.25) is 0 Å². The second-order valence-corrected chi connectivity index (χ2v) is 9.06. The van der Waals surface area contributed by atoms with Crippen LogP contribution in [0.1, 0.15) is 38.3 Å². The van der Waals surface area contributed by atoms with Gasteiger partial charge in [-0.1, -0.05) is 53.7 Å². The fraction of sp³-hybridized carbons (Fsp3) is 0.389. The highest BCUT2D eigenvalue weighted by Crippen LogP contribution is 2.48. The zero-order chi connectivity index (χ0) is 17.1. The number of amidine groups is 1. The summed E-state index contributed by atoms with van der Waals surface area (Å²) >= 11 is 4.91. The monoisotopic (exact) mass is 404 g/mol. The van der Waals surface area contributed by atoms with Crippen LogP contribution in [0.4, 0.5) is 0 Å². The molecule has 124 valence electrons. The smallest absolute Gasteiger partial charge is 0.239 e. The Morgan fingerprint density at radius 1 is 1.21 bits per heavy atom. The lowest BCUT2D eigenvalue weighted by atomic mass is 9.73. The fourth-order valence-corrected chi connectivity index (χ4v) is 4.81. The quantitative estimate of drug-likeness (QED) is 0.708. The fourth-order valence-electron chi connectivity index (χ4n) is 3.63. The lowest BCUT2D eigenvalue weighted by Gasteiger charge is -2.39. The number of carbonyl (C=O) groups is 2. The molecule has 1 aromatic rings. The molecular formula is C18H17BrN2O2S. The maximum atomic E-state index is 12.9. The molecule has 0 bridgehead atoms. The van der Waals surface area contributed by atoms with Crippen LogP contribution in [-0.2, 0) is 9.59 Å². The van der Waals surface area contributed by atoms with Crippen molar-refractivity contribution in [3.63, 3.8) is 0 Å². The van der Waals surface area contributed by atoms with Crippen LogP contribution in [-0.4, -0.2) is 27.5 Å². The number of nitrogens with zero attached hydrogens (tertiary/aromatic N) is 2. The van der Waals surface area contributed by atoms with E-state index in [0.717, 1.165) is 27.3 Å². The molecule has 0 radical (unpaired) electrons. The first kappa shape index (κ1) is 16.1. The summed E-state index contributed by atoms with van der Waals surface area (Å²) in [7, 11) is 0. The van der Waals surface area contributed by atoms with Crippen LogP contribution in [0, 0.1) is 5.41 Å². The van der Waals surface area contributed by atoms with Crippen molar-refractivity contribution in [2.45, 2.75) is 32.7 Å². The highest BCUT2D eigenvalue weighted by Gasteiger charge is 2.46. The van der Waals surface area contributed by atoms with E-state index in [1.165, 1.54) is 11.8 Å². The number of fused-ring (bicyclic) bond motifs is 1. The molecule has 4 rings (SSSR count). The second kappa shape index (κ2) is 5.56. The standard InChI is InChI=1S/C18H17BrN2O2S/c1-18(2)7-12-15(13(22)8-18)16(10-3-5-11(19)6-4-10)21-14(23)9-24-17(21)20-12/h3-6,16H,7-9H2,1-2H3. The molecule has 0 saturated carbocycles. The largest absolute Gasteiger partial charge is 0.294 e. The van der Waals surface area contributed by atoms with Gasteiger partial charge in [-0.25, -0.2) is 4.99 Å². The van der Waals surface area contributed by atoms with Crippen LogP contribution in [0.3, 0.4) is 0 Å². The third-order valence-corrected chi connectivity index (χ3v) is 6.11. The third kappa shape index (κ3) is 2.56. The van der Waals surface area contributed by atoms with Gasteiger partial charge >= 0.3 is 0 Å². The molecule has 4 nitrogen and oxygen atoms in total. The summed E-state index contributed by atoms with van der Waals surface area (Å²) < 4.78 is 0.975. The molecule has 1 aromatic carbocycles. The molecule has 1 aliphatic carbocycles. The zero-order valence-electron chi connectivity index (χ0n) is 13.5. The first-order valence-electron chi connectivity index (χ1n) is 7.91. The highest BCUT2D eigenvalue weighted by molar-refractivity contribution is 9.10. The topological polar surface area (TPSA) is 49.7 Å². The Labute approximate surface area is 153 Å². The number of allylic oxidation sites excluding steroid dienone is 1. The van der Waals surface area contributed by atoms with Crippen LogP contribution in [0.25, 0.3) is 0 Å². The Morgan fingerprint density at radius 2 is 1.92 bits per heavy atom. The summed E-state index contributed by atoms with van der Waals surface area (Å²) in [6.45, 7) is 4.20. The number of thioether (sulfide) groups is 1. The van der Waals surface area contributed by atoms with Crippen molar-refractivity contribution in [1.29, 1.82) is 0 Å². The molecule has 6 heteroatoms. The molecule has 1 amide bonds. The van der Waals surface area contributed by atoms with E-state index in [2.05, 4.69) is 34.8 Å². The summed E-state index contributed by atoms with van der Waals surface area (Å²) in [5, 5.41) is 0.733. The number of carbonyl (C=O) groups excluding carboxylic acids is 2. The molecular weight excluding hydrogens is 388 g/mol. The van der Waals surface area contributed by atoms with Crippen LogP contribution in [0.15, 0.2) is 45.0 Å². The average molecular weight is 405 g/mol. The van der Waals surface area contributed by atoms with Gasteiger partial charge in [-0.3, -0.25) is 14.5 Å². The maximum absolute atomic E-state index is 12.9. The van der Waals surface area contributed by atoms with Gasteiger partial charge in [0.25, 0.3) is 0 Å². The number of Topliss-reactive ketones (excluding diaryl/α,β-unsaturated/α-hetero) is 1. The minimum absolute atomic E-state index is 0.0239. The molecule has 24 heavy (non-hydrogen) atoms. The molecule has 0 spiro atoms. The van der Waals surface area contributed by atoms with Gasteiger partial charge in [0.15, 0.2) is 11.0 Å². The molecule has 1 unspecified atom stereocenters. The SMILES string of the molecule is CC1(C)CC(=O)C2=C(C1)N=C1SCC(=O)N1C2c1ccc(Br)cc1. The van der Waals surface area contributed by atoms with Crippen molar-refractivity contribution in [3.05, 3.63) is 45.6 Å². The van der Waals surface area contributed by atoms with Gasteiger partial charge in [0.2, 0.25) is 5.91 Å². The first-order valence-corrected chi connectivity index (χ1v) is 9.69. The number of benzene rings is 1. The number of aliphatic imine (C=N–C) groups is 1. The predicted molar refractivity (Wildman–Crippen MR) is 98.7 cm³/mol. The molecule has 2 aliphatic heterocycles. The maximum Gasteiger partial charge on any atom is 0.239 e. The molecule has 0 aromatic heterocycles. The minimum Gasteiger partial charge on any atom is -0.294 e. The van der Waals surface area contributed by atoms with E-state index in [4.69, 9.17) is 0 Å². The van der Waals surface area contributed by atoms with E-state index in [1.807, 2.05) is 24.3 Å². The Bertz CT molecular complexity index is 811. The Kier molecular flexibility index (Phi) is 3.73. The Hall–Kier alpha value is -1.40. The zero-order valence-corrected chi connectivity index (χ0v) is 15.9. The number of amides is 1. The Morgan fingerprint density at radius 3 is 2.62 bits per heavy atom. The van der Waals surface area contributed by atoms with Crippen molar-refractivity contribution in [3.8, 4) is 0 Å². The van der Waals surface area contributed by atoms with Crippen molar-refractivity contribution in [2.75, 3.05) is 5.75 Å². The van der Waals surface area contributed by atoms with Gasteiger partial charge in [-0.2, -0.15) is 0 Å². The van der Waals surface area contributed by atoms with Gasteiger partial charge in [-0.15, -0.1) is 0 Å². The number of hydrogen-bond donors (Lipinski definition) is 0. The van der Waals surface area contributed by atoms with Crippen molar-refractivity contribution in [1.82, 2.24) is 4.90 Å². The number of rotatable bonds is 1. The summed E-state index contributed by atoms with van der Waals surface area (Å²) in [4.78, 5) is 31.8. The third-order valence-electron chi connectivity index (χ3n) is 4.64.